The predicted molar refractivity (Wildman–Crippen MR) is 88.1 cm³/mol. The molecule has 0 saturated heterocycles. The molecule has 5 rings (SSSR count). The normalized spacial score (nSPS) is 20.3. The molecule has 0 bridgehead atoms. The van der Waals surface area contributed by atoms with Crippen LogP contribution in [0.3, 0.4) is 0 Å². The van der Waals surface area contributed by atoms with Crippen LogP contribution >= 0.6 is 0 Å². The van der Waals surface area contributed by atoms with Gasteiger partial charge in [-0.2, -0.15) is 4.98 Å². The van der Waals surface area contributed by atoms with E-state index in [0.29, 0.717) is 11.2 Å². The molecule has 0 amide bonds. The van der Waals surface area contributed by atoms with Gasteiger partial charge >= 0.3 is 0 Å². The van der Waals surface area contributed by atoms with E-state index in [4.69, 9.17) is 9.51 Å². The van der Waals surface area contributed by atoms with Crippen molar-refractivity contribution >= 4 is 0 Å². The number of aromatic nitrogens is 4. The maximum absolute atomic E-state index is 5.74. The molecule has 0 aliphatic heterocycles. The van der Waals surface area contributed by atoms with Crippen molar-refractivity contribution in [3.8, 4) is 11.4 Å². The summed E-state index contributed by atoms with van der Waals surface area (Å²) in [5.74, 6) is 1.37. The lowest BCUT2D eigenvalue weighted by Crippen LogP contribution is -2.53. The van der Waals surface area contributed by atoms with E-state index in [2.05, 4.69) is 27.3 Å². The summed E-state index contributed by atoms with van der Waals surface area (Å²) in [6.45, 7) is 0. The Labute approximate surface area is 140 Å². The number of pyridine rings is 2. The van der Waals surface area contributed by atoms with Crippen molar-refractivity contribution in [3.63, 3.8) is 0 Å². The van der Waals surface area contributed by atoms with Gasteiger partial charge in [0, 0.05) is 30.4 Å². The van der Waals surface area contributed by atoms with Gasteiger partial charge in [-0.05, 0) is 60.9 Å². The van der Waals surface area contributed by atoms with Crippen molar-refractivity contribution in [1.82, 2.24) is 20.1 Å². The van der Waals surface area contributed by atoms with Crippen molar-refractivity contribution in [2.75, 3.05) is 0 Å². The topological polar surface area (TPSA) is 64.7 Å². The summed E-state index contributed by atoms with van der Waals surface area (Å²) in [6, 6.07) is 7.98. The minimum Gasteiger partial charge on any atom is -0.338 e. The lowest BCUT2D eigenvalue weighted by atomic mass is 9.43. The fourth-order valence-corrected chi connectivity index (χ4v) is 4.44. The van der Waals surface area contributed by atoms with Gasteiger partial charge in [-0.15, -0.1) is 0 Å². The van der Waals surface area contributed by atoms with Gasteiger partial charge in [0.2, 0.25) is 11.7 Å². The Hall–Kier alpha value is -2.56. The van der Waals surface area contributed by atoms with Gasteiger partial charge in [-0.25, -0.2) is 0 Å². The summed E-state index contributed by atoms with van der Waals surface area (Å²) in [5.41, 5.74) is 2.51. The van der Waals surface area contributed by atoms with Crippen molar-refractivity contribution < 1.29 is 4.52 Å². The Morgan fingerprint density at radius 2 is 1.54 bits per heavy atom. The monoisotopic (exact) mass is 318 g/mol. The van der Waals surface area contributed by atoms with Crippen LogP contribution in [-0.2, 0) is 5.41 Å². The summed E-state index contributed by atoms with van der Waals surface area (Å²) in [4.78, 5) is 13.0. The van der Waals surface area contributed by atoms with Gasteiger partial charge < -0.3 is 4.52 Å². The molecule has 24 heavy (non-hydrogen) atoms. The number of rotatable bonds is 3. The van der Waals surface area contributed by atoms with E-state index in [0.717, 1.165) is 24.3 Å². The highest BCUT2D eigenvalue weighted by Gasteiger charge is 2.61. The second kappa shape index (κ2) is 4.97. The zero-order chi connectivity index (χ0) is 16.0. The SMILES string of the molecule is c1cc(-c2noc(C3(c4ccncc4)CC4(CCC4)C3)n2)ccn1. The first kappa shape index (κ1) is 13.8. The van der Waals surface area contributed by atoms with Crippen LogP contribution in [0.5, 0.6) is 0 Å². The Balaban J connectivity index is 1.55. The quantitative estimate of drug-likeness (QED) is 0.735. The van der Waals surface area contributed by atoms with Crippen LogP contribution in [0.2, 0.25) is 0 Å². The van der Waals surface area contributed by atoms with E-state index in [1.54, 1.807) is 12.4 Å². The van der Waals surface area contributed by atoms with E-state index in [1.807, 2.05) is 24.5 Å². The van der Waals surface area contributed by atoms with Gasteiger partial charge in [0.05, 0.1) is 5.41 Å². The molecular weight excluding hydrogens is 300 g/mol. The van der Waals surface area contributed by atoms with Crippen LogP contribution < -0.4 is 0 Å². The highest BCUT2D eigenvalue weighted by atomic mass is 16.5. The Morgan fingerprint density at radius 3 is 2.17 bits per heavy atom. The summed E-state index contributed by atoms with van der Waals surface area (Å²) in [5, 5.41) is 4.22. The van der Waals surface area contributed by atoms with Crippen molar-refractivity contribution in [2.45, 2.75) is 37.5 Å². The van der Waals surface area contributed by atoms with Crippen molar-refractivity contribution in [1.29, 1.82) is 0 Å². The summed E-state index contributed by atoms with van der Waals surface area (Å²) >= 11 is 0. The highest BCUT2D eigenvalue weighted by molar-refractivity contribution is 5.53. The molecule has 2 aliphatic carbocycles. The second-order valence-electron chi connectivity index (χ2n) is 7.18. The van der Waals surface area contributed by atoms with E-state index in [-0.39, 0.29) is 5.41 Å². The summed E-state index contributed by atoms with van der Waals surface area (Å²) in [7, 11) is 0. The molecule has 5 heteroatoms. The molecule has 0 N–H and O–H groups in total. The fourth-order valence-electron chi connectivity index (χ4n) is 4.44. The van der Waals surface area contributed by atoms with Gasteiger partial charge in [0.25, 0.3) is 0 Å². The summed E-state index contributed by atoms with van der Waals surface area (Å²) < 4.78 is 5.74. The molecular formula is C19H18N4O. The van der Waals surface area contributed by atoms with Crippen molar-refractivity contribution in [2.24, 2.45) is 5.41 Å². The molecule has 5 nitrogen and oxygen atoms in total. The van der Waals surface area contributed by atoms with Crippen LogP contribution in [0.4, 0.5) is 0 Å². The number of hydrogen-bond donors (Lipinski definition) is 0. The molecule has 0 atom stereocenters. The minimum atomic E-state index is -0.151. The molecule has 3 heterocycles. The number of nitrogens with zero attached hydrogens (tertiary/aromatic N) is 4. The largest absolute Gasteiger partial charge is 0.338 e. The molecule has 2 saturated carbocycles. The van der Waals surface area contributed by atoms with Gasteiger partial charge in [0.15, 0.2) is 0 Å². The fraction of sp³-hybridized carbons (Fsp3) is 0.368. The Kier molecular flexibility index (Phi) is 2.86. The lowest BCUT2D eigenvalue weighted by Gasteiger charge is -2.59. The third-order valence-electron chi connectivity index (χ3n) is 5.77. The highest BCUT2D eigenvalue weighted by Crippen LogP contribution is 2.66. The number of hydrogen-bond acceptors (Lipinski definition) is 5. The first-order valence-electron chi connectivity index (χ1n) is 8.45. The lowest BCUT2D eigenvalue weighted by molar-refractivity contribution is -0.0425. The minimum absolute atomic E-state index is 0.151. The van der Waals surface area contributed by atoms with Gasteiger partial charge in [-0.1, -0.05) is 11.6 Å². The first-order valence-corrected chi connectivity index (χ1v) is 8.45. The van der Waals surface area contributed by atoms with E-state index < -0.39 is 0 Å². The summed E-state index contributed by atoms with van der Waals surface area (Å²) in [6.07, 6.45) is 13.4. The standard InChI is InChI=1S/C19H18N4O/c1-6-18(7-1)12-19(13-18,15-4-10-21-11-5-15)17-22-16(23-24-17)14-2-8-20-9-3-14/h2-5,8-11H,1,6-7,12-13H2. The molecule has 0 radical (unpaired) electrons. The van der Waals surface area contributed by atoms with Crippen LogP contribution in [-0.4, -0.2) is 20.1 Å². The first-order chi connectivity index (χ1) is 11.8. The average Bonchev–Trinajstić information content (AvgIpc) is 3.05. The average molecular weight is 318 g/mol. The Morgan fingerprint density at radius 1 is 0.875 bits per heavy atom. The molecule has 0 aromatic carbocycles. The van der Waals surface area contributed by atoms with Gasteiger partial charge in [0.1, 0.15) is 0 Å². The molecule has 120 valence electrons. The molecule has 2 aliphatic rings. The third-order valence-corrected chi connectivity index (χ3v) is 5.77. The molecule has 3 aromatic rings. The maximum atomic E-state index is 5.74. The zero-order valence-electron chi connectivity index (χ0n) is 13.4. The van der Waals surface area contributed by atoms with Crippen LogP contribution in [0.15, 0.2) is 53.6 Å². The maximum Gasteiger partial charge on any atom is 0.237 e. The molecule has 3 aromatic heterocycles. The third kappa shape index (κ3) is 1.94. The van der Waals surface area contributed by atoms with Crippen LogP contribution in [0.25, 0.3) is 11.4 Å². The molecule has 2 fully saturated rings. The zero-order valence-corrected chi connectivity index (χ0v) is 13.4. The van der Waals surface area contributed by atoms with E-state index >= 15 is 0 Å². The van der Waals surface area contributed by atoms with Crippen LogP contribution in [0, 0.1) is 5.41 Å². The molecule has 1 spiro atoms. The van der Waals surface area contributed by atoms with E-state index in [1.165, 1.54) is 24.8 Å². The Bertz CT molecular complexity index is 847. The smallest absolute Gasteiger partial charge is 0.237 e. The predicted octanol–water partition coefficient (Wildman–Crippen LogP) is 3.78. The van der Waals surface area contributed by atoms with Crippen molar-refractivity contribution in [3.05, 3.63) is 60.5 Å². The molecule has 0 unspecified atom stereocenters. The van der Waals surface area contributed by atoms with Gasteiger partial charge in [-0.3, -0.25) is 9.97 Å². The van der Waals surface area contributed by atoms with Crippen LogP contribution in [0.1, 0.15) is 43.6 Å². The van der Waals surface area contributed by atoms with E-state index in [9.17, 15) is 0 Å². The second-order valence-corrected chi connectivity index (χ2v) is 7.18.